The lowest BCUT2D eigenvalue weighted by atomic mass is 10.1. The minimum absolute atomic E-state index is 0. The average Bonchev–Trinajstić information content (AvgIpc) is 2.69. The zero-order valence-corrected chi connectivity index (χ0v) is 17.4. The molecule has 2 N–H and O–H groups in total. The molecule has 1 atom stereocenters. The zero-order chi connectivity index (χ0) is 20.0. The molecule has 1 heterocycles. The Balaban J connectivity index is 0.00000300. The SMILES string of the molecule is Cc1ccc(S(=O)(=O)NC(Cc2ccccc2)C(=O)Nc2cccnc2)cc1.Cl. The summed E-state index contributed by atoms with van der Waals surface area (Å²) >= 11 is 0. The highest BCUT2D eigenvalue weighted by molar-refractivity contribution is 7.89. The number of amides is 1. The highest BCUT2D eigenvalue weighted by atomic mass is 35.5. The maximum Gasteiger partial charge on any atom is 0.242 e. The number of benzene rings is 2. The summed E-state index contributed by atoms with van der Waals surface area (Å²) in [5, 5.41) is 2.72. The molecule has 3 aromatic rings. The number of sulfonamides is 1. The molecule has 29 heavy (non-hydrogen) atoms. The quantitative estimate of drug-likeness (QED) is 0.600. The van der Waals surface area contributed by atoms with Gasteiger partial charge in [-0.25, -0.2) is 8.42 Å². The van der Waals surface area contributed by atoms with Gasteiger partial charge in [-0.3, -0.25) is 9.78 Å². The molecule has 0 spiro atoms. The molecule has 0 aliphatic carbocycles. The van der Waals surface area contributed by atoms with Crippen LogP contribution in [0.2, 0.25) is 0 Å². The molecule has 1 unspecified atom stereocenters. The van der Waals surface area contributed by atoms with Gasteiger partial charge in [0.25, 0.3) is 0 Å². The van der Waals surface area contributed by atoms with E-state index in [1.807, 2.05) is 37.3 Å². The lowest BCUT2D eigenvalue weighted by Crippen LogP contribution is -2.45. The van der Waals surface area contributed by atoms with Crippen LogP contribution in [0.15, 0.2) is 84.0 Å². The summed E-state index contributed by atoms with van der Waals surface area (Å²) < 4.78 is 28.1. The largest absolute Gasteiger partial charge is 0.323 e. The van der Waals surface area contributed by atoms with E-state index in [1.165, 1.54) is 18.3 Å². The third kappa shape index (κ3) is 6.39. The first-order valence-corrected chi connectivity index (χ1v) is 10.3. The second-order valence-electron chi connectivity index (χ2n) is 6.41. The molecule has 3 rings (SSSR count). The number of aromatic nitrogens is 1. The van der Waals surface area contributed by atoms with Gasteiger partial charge in [-0.2, -0.15) is 4.72 Å². The van der Waals surface area contributed by atoms with Gasteiger partial charge in [0.2, 0.25) is 15.9 Å². The Morgan fingerprint density at radius 2 is 1.69 bits per heavy atom. The second-order valence-corrected chi connectivity index (χ2v) is 8.12. The van der Waals surface area contributed by atoms with Crippen LogP contribution in [0, 0.1) is 6.92 Å². The molecule has 0 saturated heterocycles. The summed E-state index contributed by atoms with van der Waals surface area (Å²) in [6, 6.07) is 18.2. The fraction of sp³-hybridized carbons (Fsp3) is 0.143. The van der Waals surface area contributed by atoms with Crippen molar-refractivity contribution in [3.05, 3.63) is 90.3 Å². The van der Waals surface area contributed by atoms with E-state index in [0.29, 0.717) is 5.69 Å². The van der Waals surface area contributed by atoms with Crippen LogP contribution >= 0.6 is 12.4 Å². The van der Waals surface area contributed by atoms with Gasteiger partial charge in [0.1, 0.15) is 6.04 Å². The normalized spacial score (nSPS) is 11.9. The van der Waals surface area contributed by atoms with Crippen molar-refractivity contribution < 1.29 is 13.2 Å². The summed E-state index contributed by atoms with van der Waals surface area (Å²) in [7, 11) is -3.86. The summed E-state index contributed by atoms with van der Waals surface area (Å²) in [6.07, 6.45) is 3.32. The van der Waals surface area contributed by atoms with Gasteiger partial charge in [-0.1, -0.05) is 48.0 Å². The van der Waals surface area contributed by atoms with Crippen LogP contribution in [0.3, 0.4) is 0 Å². The van der Waals surface area contributed by atoms with Crippen molar-refractivity contribution >= 4 is 34.0 Å². The second kappa shape index (κ2) is 10.2. The van der Waals surface area contributed by atoms with Crippen molar-refractivity contribution in [2.75, 3.05) is 5.32 Å². The predicted molar refractivity (Wildman–Crippen MR) is 116 cm³/mol. The van der Waals surface area contributed by atoms with Crippen LogP contribution in [0.1, 0.15) is 11.1 Å². The van der Waals surface area contributed by atoms with Crippen molar-refractivity contribution in [1.29, 1.82) is 0 Å². The number of rotatable bonds is 7. The minimum Gasteiger partial charge on any atom is -0.323 e. The fourth-order valence-corrected chi connectivity index (χ4v) is 3.87. The minimum atomic E-state index is -3.86. The molecule has 0 aliphatic heterocycles. The van der Waals surface area contributed by atoms with Crippen LogP contribution < -0.4 is 10.0 Å². The van der Waals surface area contributed by atoms with E-state index in [0.717, 1.165) is 11.1 Å². The van der Waals surface area contributed by atoms with Gasteiger partial charge in [0, 0.05) is 6.20 Å². The Kier molecular flexibility index (Phi) is 7.90. The van der Waals surface area contributed by atoms with Crippen LogP contribution in [0.5, 0.6) is 0 Å². The third-order valence-electron chi connectivity index (χ3n) is 4.16. The lowest BCUT2D eigenvalue weighted by Gasteiger charge is -2.19. The third-order valence-corrected chi connectivity index (χ3v) is 5.64. The van der Waals surface area contributed by atoms with Crippen LogP contribution in [-0.4, -0.2) is 25.4 Å². The number of aryl methyl sites for hydroxylation is 1. The maximum atomic E-state index is 12.8. The number of nitrogens with one attached hydrogen (secondary N) is 2. The number of anilines is 1. The average molecular weight is 432 g/mol. The number of hydrogen-bond acceptors (Lipinski definition) is 4. The Labute approximate surface area is 176 Å². The molecule has 6 nitrogen and oxygen atoms in total. The fourth-order valence-electron chi connectivity index (χ4n) is 2.68. The van der Waals surface area contributed by atoms with Crippen LogP contribution in [0.4, 0.5) is 5.69 Å². The Morgan fingerprint density at radius 3 is 2.31 bits per heavy atom. The Hall–Kier alpha value is -2.74. The van der Waals surface area contributed by atoms with E-state index in [1.54, 1.807) is 30.5 Å². The summed E-state index contributed by atoms with van der Waals surface area (Å²) in [5.41, 5.74) is 2.30. The highest BCUT2D eigenvalue weighted by Gasteiger charge is 2.26. The molecule has 152 valence electrons. The van der Waals surface area contributed by atoms with Crippen molar-refractivity contribution in [2.24, 2.45) is 0 Å². The van der Waals surface area contributed by atoms with Gasteiger partial charge in [0.05, 0.1) is 16.8 Å². The van der Waals surface area contributed by atoms with E-state index >= 15 is 0 Å². The summed E-state index contributed by atoms with van der Waals surface area (Å²) in [6.45, 7) is 1.88. The van der Waals surface area contributed by atoms with Gasteiger partial charge >= 0.3 is 0 Å². The first kappa shape index (κ1) is 22.5. The standard InChI is InChI=1S/C21H21N3O3S.ClH/c1-16-9-11-19(12-10-16)28(26,27)24-20(14-17-6-3-2-4-7-17)21(25)23-18-8-5-13-22-15-18;/h2-13,15,20,24H,14H2,1H3,(H,23,25);1H. The highest BCUT2D eigenvalue weighted by Crippen LogP contribution is 2.14. The molecular weight excluding hydrogens is 410 g/mol. The topological polar surface area (TPSA) is 88.2 Å². The van der Waals surface area contributed by atoms with E-state index < -0.39 is 22.0 Å². The molecule has 0 aliphatic rings. The maximum absolute atomic E-state index is 12.8. The van der Waals surface area contributed by atoms with Crippen molar-refractivity contribution in [1.82, 2.24) is 9.71 Å². The zero-order valence-electron chi connectivity index (χ0n) is 15.8. The Bertz CT molecular complexity index is 1030. The molecule has 0 saturated carbocycles. The molecule has 0 radical (unpaired) electrons. The number of hydrogen-bond donors (Lipinski definition) is 2. The van der Waals surface area contributed by atoms with Crippen LogP contribution in [-0.2, 0) is 21.2 Å². The number of pyridine rings is 1. The molecule has 1 amide bonds. The van der Waals surface area contributed by atoms with E-state index in [9.17, 15) is 13.2 Å². The smallest absolute Gasteiger partial charge is 0.242 e. The monoisotopic (exact) mass is 431 g/mol. The van der Waals surface area contributed by atoms with Crippen molar-refractivity contribution in [3.63, 3.8) is 0 Å². The summed E-state index contributed by atoms with van der Waals surface area (Å²) in [4.78, 5) is 16.9. The van der Waals surface area contributed by atoms with Crippen molar-refractivity contribution in [2.45, 2.75) is 24.3 Å². The first-order valence-electron chi connectivity index (χ1n) is 8.78. The summed E-state index contributed by atoms with van der Waals surface area (Å²) in [5.74, 6) is -0.451. The van der Waals surface area contributed by atoms with Gasteiger partial charge in [-0.15, -0.1) is 12.4 Å². The first-order chi connectivity index (χ1) is 13.4. The molecule has 0 bridgehead atoms. The number of carbonyl (C=O) groups is 1. The number of halogens is 1. The molecule has 8 heteroatoms. The molecule has 1 aromatic heterocycles. The van der Waals surface area contributed by atoms with E-state index in [4.69, 9.17) is 0 Å². The Morgan fingerprint density at radius 1 is 1.00 bits per heavy atom. The van der Waals surface area contributed by atoms with Gasteiger partial charge in [0.15, 0.2) is 0 Å². The van der Waals surface area contributed by atoms with E-state index in [-0.39, 0.29) is 23.7 Å². The van der Waals surface area contributed by atoms with Gasteiger partial charge in [-0.05, 0) is 43.2 Å². The van der Waals surface area contributed by atoms with Crippen LogP contribution in [0.25, 0.3) is 0 Å². The molecule has 2 aromatic carbocycles. The molecular formula is C21H22ClN3O3S. The number of nitrogens with zero attached hydrogens (tertiary/aromatic N) is 1. The van der Waals surface area contributed by atoms with Gasteiger partial charge < -0.3 is 5.32 Å². The molecule has 0 fully saturated rings. The lowest BCUT2D eigenvalue weighted by molar-refractivity contribution is -0.117. The van der Waals surface area contributed by atoms with E-state index in [2.05, 4.69) is 15.0 Å². The van der Waals surface area contributed by atoms with Crippen molar-refractivity contribution in [3.8, 4) is 0 Å². The predicted octanol–water partition coefficient (Wildman–Crippen LogP) is 3.34. The number of carbonyl (C=O) groups excluding carboxylic acids is 1.